The van der Waals surface area contributed by atoms with Crippen LogP contribution in [-0.4, -0.2) is 46.3 Å². The van der Waals surface area contributed by atoms with Crippen molar-refractivity contribution in [2.45, 2.75) is 13.3 Å². The molecule has 5 nitrogen and oxygen atoms in total. The van der Waals surface area contributed by atoms with Crippen molar-refractivity contribution in [2.75, 3.05) is 31.1 Å². The molecule has 1 aromatic heterocycles. The fraction of sp³-hybridized carbons (Fsp3) is 0.400. The van der Waals surface area contributed by atoms with Crippen LogP contribution in [-0.2, 0) is 6.42 Å². The van der Waals surface area contributed by atoms with Crippen molar-refractivity contribution in [3.8, 4) is 0 Å². The van der Waals surface area contributed by atoms with Gasteiger partial charge in [0.15, 0.2) is 0 Å². The molecule has 1 aliphatic heterocycles. The van der Waals surface area contributed by atoms with E-state index < -0.39 is 5.82 Å². The lowest BCUT2D eigenvalue weighted by Gasteiger charge is -2.34. The Hall–Kier alpha value is -1.73. The molecule has 23 heavy (non-hydrogen) atoms. The van der Waals surface area contributed by atoms with Crippen LogP contribution in [0.4, 0.5) is 9.52 Å². The average Bonchev–Trinajstić information content (AvgIpc) is 3.03. The van der Waals surface area contributed by atoms with Gasteiger partial charge in [-0.15, -0.1) is 0 Å². The van der Waals surface area contributed by atoms with Crippen molar-refractivity contribution < 1.29 is 9.18 Å². The fourth-order valence-corrected chi connectivity index (χ4v) is 3.41. The first-order valence-electron chi connectivity index (χ1n) is 7.40. The average molecular weight is 355 g/mol. The van der Waals surface area contributed by atoms with Crippen molar-refractivity contribution in [1.29, 1.82) is 0 Å². The smallest absolute Gasteiger partial charge is 0.256 e. The summed E-state index contributed by atoms with van der Waals surface area (Å²) >= 11 is 7.10. The highest BCUT2D eigenvalue weighted by atomic mass is 35.5. The molecule has 0 spiro atoms. The highest BCUT2D eigenvalue weighted by Crippen LogP contribution is 2.21. The third kappa shape index (κ3) is 3.45. The first kappa shape index (κ1) is 16.1. The lowest BCUT2D eigenvalue weighted by atomic mass is 10.1. The SMILES string of the molecule is CCc1nsc(N2CCN(C(=O)c3ccc(Cl)cc3F)CC2)n1. The summed E-state index contributed by atoms with van der Waals surface area (Å²) in [7, 11) is 0. The number of rotatable bonds is 3. The van der Waals surface area contributed by atoms with E-state index in [0.29, 0.717) is 26.2 Å². The van der Waals surface area contributed by atoms with Crippen LogP contribution in [0.3, 0.4) is 0 Å². The number of amides is 1. The summed E-state index contributed by atoms with van der Waals surface area (Å²) in [5, 5.41) is 1.17. The molecule has 0 unspecified atom stereocenters. The van der Waals surface area contributed by atoms with E-state index in [1.165, 1.54) is 29.7 Å². The molecule has 0 aliphatic carbocycles. The van der Waals surface area contributed by atoms with Crippen molar-refractivity contribution in [3.05, 3.63) is 40.4 Å². The number of benzene rings is 1. The molecule has 0 N–H and O–H groups in total. The summed E-state index contributed by atoms with van der Waals surface area (Å²) in [6.45, 7) is 4.41. The van der Waals surface area contributed by atoms with Gasteiger partial charge in [-0.25, -0.2) is 9.37 Å². The Morgan fingerprint density at radius 2 is 2.09 bits per heavy atom. The lowest BCUT2D eigenvalue weighted by molar-refractivity contribution is 0.0742. The molecule has 122 valence electrons. The van der Waals surface area contributed by atoms with E-state index in [1.54, 1.807) is 4.90 Å². The predicted octanol–water partition coefficient (Wildman–Crippen LogP) is 2.86. The van der Waals surface area contributed by atoms with E-state index in [2.05, 4.69) is 14.3 Å². The second kappa shape index (κ2) is 6.80. The van der Waals surface area contributed by atoms with Crippen LogP contribution in [0.2, 0.25) is 5.02 Å². The van der Waals surface area contributed by atoms with Crippen molar-refractivity contribution in [3.63, 3.8) is 0 Å². The van der Waals surface area contributed by atoms with Gasteiger partial charge in [0.1, 0.15) is 11.6 Å². The normalized spacial score (nSPS) is 15.1. The molecule has 1 aliphatic rings. The van der Waals surface area contributed by atoms with Gasteiger partial charge in [0.25, 0.3) is 5.91 Å². The minimum atomic E-state index is -0.582. The van der Waals surface area contributed by atoms with E-state index in [0.717, 1.165) is 17.4 Å². The molecule has 0 bridgehead atoms. The van der Waals surface area contributed by atoms with Crippen LogP contribution in [0.5, 0.6) is 0 Å². The standard InChI is InChI=1S/C15H16ClFN4OS/c1-2-13-18-15(23-19-13)21-7-5-20(6-8-21)14(22)11-4-3-10(16)9-12(11)17/h3-4,9H,2,5-8H2,1H3. The summed E-state index contributed by atoms with van der Waals surface area (Å²) in [5.74, 6) is -0.0429. The maximum atomic E-state index is 13.9. The molecule has 1 aromatic carbocycles. The Labute approximate surface area is 142 Å². The molecule has 2 heterocycles. The van der Waals surface area contributed by atoms with Gasteiger partial charge in [-0.1, -0.05) is 18.5 Å². The molecule has 0 radical (unpaired) electrons. The summed E-state index contributed by atoms with van der Waals surface area (Å²) in [5.41, 5.74) is 0.0621. The van der Waals surface area contributed by atoms with Crippen LogP contribution < -0.4 is 4.90 Å². The summed E-state index contributed by atoms with van der Waals surface area (Å²) in [6, 6.07) is 4.13. The maximum Gasteiger partial charge on any atom is 0.256 e. The number of aromatic nitrogens is 2. The van der Waals surface area contributed by atoms with Crippen LogP contribution >= 0.6 is 23.1 Å². The van der Waals surface area contributed by atoms with Crippen LogP contribution in [0, 0.1) is 5.82 Å². The van der Waals surface area contributed by atoms with E-state index in [1.807, 2.05) is 6.92 Å². The van der Waals surface area contributed by atoms with E-state index in [4.69, 9.17) is 11.6 Å². The fourth-order valence-electron chi connectivity index (χ4n) is 2.45. The van der Waals surface area contributed by atoms with Gasteiger partial charge in [-0.3, -0.25) is 4.79 Å². The molecular weight excluding hydrogens is 339 g/mol. The number of nitrogens with zero attached hydrogens (tertiary/aromatic N) is 4. The molecule has 1 fully saturated rings. The van der Waals surface area contributed by atoms with E-state index in [-0.39, 0.29) is 16.5 Å². The number of carbonyl (C=O) groups excluding carboxylic acids is 1. The van der Waals surface area contributed by atoms with E-state index >= 15 is 0 Å². The predicted molar refractivity (Wildman–Crippen MR) is 88.8 cm³/mol. The van der Waals surface area contributed by atoms with E-state index in [9.17, 15) is 9.18 Å². The third-order valence-electron chi connectivity index (χ3n) is 3.77. The minimum absolute atomic E-state index is 0.0621. The second-order valence-electron chi connectivity index (χ2n) is 5.25. The Morgan fingerprint density at radius 3 is 2.70 bits per heavy atom. The van der Waals surface area contributed by atoms with Gasteiger partial charge in [0, 0.05) is 49.2 Å². The Morgan fingerprint density at radius 1 is 1.35 bits per heavy atom. The Balaban J connectivity index is 1.65. The summed E-state index contributed by atoms with van der Waals surface area (Å²) in [4.78, 5) is 20.7. The van der Waals surface area contributed by atoms with Crippen molar-refractivity contribution >= 4 is 34.2 Å². The first-order valence-corrected chi connectivity index (χ1v) is 8.55. The van der Waals surface area contributed by atoms with Crippen LogP contribution in [0.15, 0.2) is 18.2 Å². The molecular formula is C15H16ClFN4OS. The first-order chi connectivity index (χ1) is 11.1. The largest absolute Gasteiger partial charge is 0.343 e. The summed E-state index contributed by atoms with van der Waals surface area (Å²) in [6.07, 6.45) is 0.810. The molecule has 0 saturated carbocycles. The quantitative estimate of drug-likeness (QED) is 0.850. The van der Waals surface area contributed by atoms with Crippen LogP contribution in [0.25, 0.3) is 0 Å². The zero-order valence-corrected chi connectivity index (χ0v) is 14.2. The number of piperazine rings is 1. The van der Waals surface area contributed by atoms with Gasteiger partial charge in [0.2, 0.25) is 5.13 Å². The van der Waals surface area contributed by atoms with Crippen molar-refractivity contribution in [1.82, 2.24) is 14.3 Å². The van der Waals surface area contributed by atoms with Crippen LogP contribution in [0.1, 0.15) is 23.1 Å². The number of anilines is 1. The molecule has 1 saturated heterocycles. The molecule has 0 atom stereocenters. The minimum Gasteiger partial charge on any atom is -0.343 e. The number of carbonyl (C=O) groups is 1. The lowest BCUT2D eigenvalue weighted by Crippen LogP contribution is -2.49. The Kier molecular flexibility index (Phi) is 4.77. The number of halogens is 2. The number of aryl methyl sites for hydroxylation is 1. The van der Waals surface area contributed by atoms with Gasteiger partial charge in [-0.2, -0.15) is 4.37 Å². The number of hydrogen-bond acceptors (Lipinski definition) is 5. The number of hydrogen-bond donors (Lipinski definition) is 0. The third-order valence-corrected chi connectivity index (χ3v) is 4.82. The highest BCUT2D eigenvalue weighted by molar-refractivity contribution is 7.09. The Bertz CT molecular complexity index is 715. The van der Waals surface area contributed by atoms with Gasteiger partial charge < -0.3 is 9.80 Å². The highest BCUT2D eigenvalue weighted by Gasteiger charge is 2.25. The zero-order valence-electron chi connectivity index (χ0n) is 12.6. The van der Waals surface area contributed by atoms with Crippen molar-refractivity contribution in [2.24, 2.45) is 0 Å². The van der Waals surface area contributed by atoms with Gasteiger partial charge in [-0.05, 0) is 18.2 Å². The monoisotopic (exact) mass is 354 g/mol. The maximum absolute atomic E-state index is 13.9. The molecule has 8 heteroatoms. The zero-order chi connectivity index (χ0) is 16.4. The topological polar surface area (TPSA) is 49.3 Å². The molecule has 2 aromatic rings. The van der Waals surface area contributed by atoms with Gasteiger partial charge >= 0.3 is 0 Å². The molecule has 1 amide bonds. The second-order valence-corrected chi connectivity index (χ2v) is 6.42. The summed E-state index contributed by atoms with van der Waals surface area (Å²) < 4.78 is 18.2. The van der Waals surface area contributed by atoms with Gasteiger partial charge in [0.05, 0.1) is 5.56 Å². The molecule has 3 rings (SSSR count).